The first-order chi connectivity index (χ1) is 16.2. The van der Waals surface area contributed by atoms with Gasteiger partial charge in [0.05, 0.1) is 37.6 Å². The first kappa shape index (κ1) is 21.5. The minimum absolute atomic E-state index is 0.524. The number of thiophene rings is 1. The Morgan fingerprint density at radius 3 is 2.61 bits per heavy atom. The Balaban J connectivity index is 1.32. The highest BCUT2D eigenvalue weighted by molar-refractivity contribution is 7.11. The number of aromatic nitrogens is 2. The molecule has 170 valence electrons. The number of ether oxygens (including phenoxy) is 3. The van der Waals surface area contributed by atoms with Crippen molar-refractivity contribution >= 4 is 39.6 Å². The molecule has 1 fully saturated rings. The number of methoxy groups -OCH3 is 1. The molecule has 0 saturated carbocycles. The Labute approximate surface area is 197 Å². The summed E-state index contributed by atoms with van der Waals surface area (Å²) in [6.07, 6.45) is 1.84. The Kier molecular flexibility index (Phi) is 6.28. The van der Waals surface area contributed by atoms with Gasteiger partial charge in [0.1, 0.15) is 12.4 Å². The van der Waals surface area contributed by atoms with E-state index in [1.54, 1.807) is 18.4 Å². The number of anilines is 3. The summed E-state index contributed by atoms with van der Waals surface area (Å²) in [5.41, 5.74) is 3.55. The molecule has 0 amide bonds. The number of aryl methyl sites for hydroxylation is 1. The second-order valence-corrected chi connectivity index (χ2v) is 9.20. The van der Waals surface area contributed by atoms with Gasteiger partial charge in [0, 0.05) is 40.3 Å². The van der Waals surface area contributed by atoms with Crippen molar-refractivity contribution in [2.75, 3.05) is 43.6 Å². The first-order valence-electron chi connectivity index (χ1n) is 10.9. The lowest BCUT2D eigenvalue weighted by Crippen LogP contribution is -2.36. The number of nitrogens with one attached hydrogen (secondary N) is 1. The molecule has 2 aromatic heterocycles. The van der Waals surface area contributed by atoms with E-state index in [-0.39, 0.29) is 0 Å². The third-order valence-electron chi connectivity index (χ3n) is 5.48. The largest absolute Gasteiger partial charge is 0.493 e. The molecule has 0 unspecified atom stereocenters. The summed E-state index contributed by atoms with van der Waals surface area (Å²) < 4.78 is 17.0. The van der Waals surface area contributed by atoms with E-state index >= 15 is 0 Å². The minimum Gasteiger partial charge on any atom is -0.493 e. The summed E-state index contributed by atoms with van der Waals surface area (Å²) in [5.74, 6) is 2.28. The fraction of sp³-hybridized carbons (Fsp3) is 0.280. The van der Waals surface area contributed by atoms with Crippen molar-refractivity contribution in [2.45, 2.75) is 13.5 Å². The molecule has 3 heterocycles. The van der Waals surface area contributed by atoms with Gasteiger partial charge in [0.15, 0.2) is 11.5 Å². The molecule has 4 aromatic rings. The van der Waals surface area contributed by atoms with E-state index < -0.39 is 0 Å². The molecule has 1 aliphatic heterocycles. The highest BCUT2D eigenvalue weighted by Crippen LogP contribution is 2.33. The van der Waals surface area contributed by atoms with Gasteiger partial charge in [0.25, 0.3) is 0 Å². The molecule has 1 N–H and O–H groups in total. The lowest BCUT2D eigenvalue weighted by atomic mass is 10.2. The van der Waals surface area contributed by atoms with Crippen LogP contribution in [-0.2, 0) is 11.3 Å². The average molecular weight is 463 g/mol. The zero-order chi connectivity index (χ0) is 22.6. The van der Waals surface area contributed by atoms with E-state index in [1.165, 1.54) is 9.75 Å². The number of nitrogens with zero attached hydrogens (tertiary/aromatic N) is 3. The molecule has 0 atom stereocenters. The fourth-order valence-corrected chi connectivity index (χ4v) is 4.57. The molecule has 0 spiro atoms. The molecule has 33 heavy (non-hydrogen) atoms. The molecule has 5 rings (SSSR count). The molecular formula is C25H26N4O3S. The van der Waals surface area contributed by atoms with Crippen molar-refractivity contribution in [3.05, 3.63) is 64.5 Å². The molecule has 1 saturated heterocycles. The van der Waals surface area contributed by atoms with Crippen molar-refractivity contribution in [1.29, 1.82) is 0 Å². The number of hydrogen-bond donors (Lipinski definition) is 1. The molecule has 0 aliphatic carbocycles. The van der Waals surface area contributed by atoms with Crippen LogP contribution in [0.1, 0.15) is 9.75 Å². The normalized spacial score (nSPS) is 13.8. The molecule has 2 aromatic carbocycles. The maximum Gasteiger partial charge on any atom is 0.162 e. The van der Waals surface area contributed by atoms with Crippen LogP contribution in [0.4, 0.5) is 17.2 Å². The van der Waals surface area contributed by atoms with Crippen LogP contribution >= 0.6 is 11.3 Å². The van der Waals surface area contributed by atoms with Crippen LogP contribution in [0.5, 0.6) is 11.5 Å². The number of fused-ring (bicyclic) bond motifs is 1. The van der Waals surface area contributed by atoms with Gasteiger partial charge in [-0.25, -0.2) is 4.98 Å². The Bertz CT molecular complexity index is 1250. The standard InChI is InChI=1S/C25H26N4O3S/c1-17-3-6-20(33-17)16-32-23-8-5-19(14-24(23)30-2)27-18-4-7-21-22(13-18)28-25(15-26-21)29-9-11-31-12-10-29/h3-8,13-15,27H,9-12,16H2,1-2H3. The second kappa shape index (κ2) is 9.64. The van der Waals surface area contributed by atoms with Gasteiger partial charge in [-0.2, -0.15) is 0 Å². The van der Waals surface area contributed by atoms with Crippen LogP contribution in [0.25, 0.3) is 11.0 Å². The van der Waals surface area contributed by atoms with Gasteiger partial charge < -0.3 is 24.4 Å². The fourth-order valence-electron chi connectivity index (χ4n) is 3.77. The van der Waals surface area contributed by atoms with Crippen LogP contribution in [0, 0.1) is 6.92 Å². The minimum atomic E-state index is 0.524. The molecule has 7 nitrogen and oxygen atoms in total. The van der Waals surface area contributed by atoms with E-state index in [9.17, 15) is 0 Å². The van der Waals surface area contributed by atoms with E-state index in [0.717, 1.165) is 54.5 Å². The van der Waals surface area contributed by atoms with Crippen molar-refractivity contribution < 1.29 is 14.2 Å². The summed E-state index contributed by atoms with van der Waals surface area (Å²) in [4.78, 5) is 14.1. The predicted octanol–water partition coefficient (Wildman–Crippen LogP) is 5.17. The van der Waals surface area contributed by atoms with Gasteiger partial charge >= 0.3 is 0 Å². The zero-order valence-corrected chi connectivity index (χ0v) is 19.5. The topological polar surface area (TPSA) is 68.7 Å². The highest BCUT2D eigenvalue weighted by atomic mass is 32.1. The number of benzene rings is 2. The third kappa shape index (κ3) is 5.02. The molecule has 1 aliphatic rings. The van der Waals surface area contributed by atoms with Gasteiger partial charge in [-0.1, -0.05) is 0 Å². The smallest absolute Gasteiger partial charge is 0.162 e. The lowest BCUT2D eigenvalue weighted by Gasteiger charge is -2.27. The van der Waals surface area contributed by atoms with Crippen molar-refractivity contribution in [2.24, 2.45) is 0 Å². The zero-order valence-electron chi connectivity index (χ0n) is 18.7. The second-order valence-electron chi connectivity index (χ2n) is 7.82. The number of hydrogen-bond acceptors (Lipinski definition) is 8. The quantitative estimate of drug-likeness (QED) is 0.406. The van der Waals surface area contributed by atoms with Gasteiger partial charge in [0.2, 0.25) is 0 Å². The molecular weight excluding hydrogens is 436 g/mol. The highest BCUT2D eigenvalue weighted by Gasteiger charge is 2.14. The molecule has 0 bridgehead atoms. The predicted molar refractivity (Wildman–Crippen MR) is 132 cm³/mol. The van der Waals surface area contributed by atoms with Crippen LogP contribution in [-0.4, -0.2) is 43.4 Å². The SMILES string of the molecule is COc1cc(Nc2ccc3ncc(N4CCOCC4)nc3c2)ccc1OCc1ccc(C)s1. The van der Waals surface area contributed by atoms with Crippen molar-refractivity contribution in [3.8, 4) is 11.5 Å². The average Bonchev–Trinajstić information content (AvgIpc) is 3.28. The van der Waals surface area contributed by atoms with E-state index in [0.29, 0.717) is 18.1 Å². The van der Waals surface area contributed by atoms with Gasteiger partial charge in [-0.15, -0.1) is 11.3 Å². The monoisotopic (exact) mass is 462 g/mol. The lowest BCUT2D eigenvalue weighted by molar-refractivity contribution is 0.122. The van der Waals surface area contributed by atoms with E-state index in [1.807, 2.05) is 42.6 Å². The number of morpholine rings is 1. The van der Waals surface area contributed by atoms with E-state index in [2.05, 4.69) is 34.3 Å². The van der Waals surface area contributed by atoms with Crippen LogP contribution in [0.15, 0.2) is 54.7 Å². The van der Waals surface area contributed by atoms with Crippen LogP contribution in [0.3, 0.4) is 0 Å². The van der Waals surface area contributed by atoms with Crippen LogP contribution < -0.4 is 19.7 Å². The summed E-state index contributed by atoms with van der Waals surface area (Å²) in [6.45, 7) is 5.72. The Hall–Kier alpha value is -3.36. The molecule has 8 heteroatoms. The maximum absolute atomic E-state index is 5.99. The Morgan fingerprint density at radius 2 is 1.82 bits per heavy atom. The maximum atomic E-state index is 5.99. The van der Waals surface area contributed by atoms with Gasteiger partial charge in [-0.05, 0) is 49.4 Å². The summed E-state index contributed by atoms with van der Waals surface area (Å²) in [6, 6.07) is 16.0. The number of rotatable bonds is 7. The summed E-state index contributed by atoms with van der Waals surface area (Å²) in [5, 5.41) is 3.44. The summed E-state index contributed by atoms with van der Waals surface area (Å²) in [7, 11) is 1.65. The van der Waals surface area contributed by atoms with Gasteiger partial charge in [-0.3, -0.25) is 4.98 Å². The first-order valence-corrected chi connectivity index (χ1v) is 11.7. The third-order valence-corrected chi connectivity index (χ3v) is 6.46. The summed E-state index contributed by atoms with van der Waals surface area (Å²) >= 11 is 1.74. The van der Waals surface area contributed by atoms with Crippen LogP contribution in [0.2, 0.25) is 0 Å². The van der Waals surface area contributed by atoms with Crippen molar-refractivity contribution in [1.82, 2.24) is 9.97 Å². The molecule has 0 radical (unpaired) electrons. The Morgan fingerprint density at radius 1 is 1.00 bits per heavy atom. The van der Waals surface area contributed by atoms with Crippen molar-refractivity contribution in [3.63, 3.8) is 0 Å². The van der Waals surface area contributed by atoms with E-state index in [4.69, 9.17) is 19.2 Å².